The summed E-state index contributed by atoms with van der Waals surface area (Å²) >= 11 is 5.91. The van der Waals surface area contributed by atoms with E-state index >= 15 is 0 Å². The van der Waals surface area contributed by atoms with Crippen LogP contribution in [0.1, 0.15) is 31.0 Å². The molecule has 2 rings (SSSR count). The van der Waals surface area contributed by atoms with Gasteiger partial charge in [-0.1, -0.05) is 37.6 Å². The summed E-state index contributed by atoms with van der Waals surface area (Å²) in [6, 6.07) is 7.48. The third-order valence-electron chi connectivity index (χ3n) is 3.43. The molecule has 0 saturated heterocycles. The molecule has 1 heterocycles. The van der Waals surface area contributed by atoms with Gasteiger partial charge < -0.3 is 10.3 Å². The van der Waals surface area contributed by atoms with Gasteiger partial charge in [0.15, 0.2) is 0 Å². The highest BCUT2D eigenvalue weighted by molar-refractivity contribution is 6.30. The number of nitrogens with zero attached hydrogens (tertiary/aromatic N) is 1. The lowest BCUT2D eigenvalue weighted by Crippen LogP contribution is -2.33. The fourth-order valence-corrected chi connectivity index (χ4v) is 2.49. The van der Waals surface area contributed by atoms with Crippen LogP contribution in [0.5, 0.6) is 0 Å². The largest absolute Gasteiger partial charge is 0.355 e. The van der Waals surface area contributed by atoms with E-state index in [-0.39, 0.29) is 17.7 Å². The molecule has 0 radical (unpaired) electrons. The summed E-state index contributed by atoms with van der Waals surface area (Å²) in [5.41, 5.74) is 2.01. The quantitative estimate of drug-likeness (QED) is 0.861. The number of amides is 1. The zero-order chi connectivity index (χ0) is 15.2. The fourth-order valence-electron chi connectivity index (χ4n) is 2.36. The van der Waals surface area contributed by atoms with Gasteiger partial charge in [-0.05, 0) is 23.6 Å². The molecule has 4 nitrogen and oxygen atoms in total. The Morgan fingerprint density at radius 2 is 2.05 bits per heavy atom. The third-order valence-corrected chi connectivity index (χ3v) is 3.68. The summed E-state index contributed by atoms with van der Waals surface area (Å²) in [5, 5.41) is 3.68. The Balaban J connectivity index is 1.97. The van der Waals surface area contributed by atoms with Crippen molar-refractivity contribution in [2.24, 2.45) is 5.92 Å². The molecule has 1 atom stereocenters. The molecule has 0 bridgehead atoms. The van der Waals surface area contributed by atoms with Gasteiger partial charge in [0.05, 0.1) is 12.2 Å². The predicted octanol–water partition coefficient (Wildman–Crippen LogP) is 3.16. The van der Waals surface area contributed by atoms with Crippen LogP contribution in [0, 0.1) is 5.92 Å². The molecule has 0 aliphatic heterocycles. The molecule has 1 amide bonds. The maximum Gasteiger partial charge on any atom is 0.227 e. The van der Waals surface area contributed by atoms with E-state index in [0.717, 1.165) is 17.7 Å². The number of hydrogen-bond acceptors (Lipinski definition) is 2. The van der Waals surface area contributed by atoms with Crippen LogP contribution < -0.4 is 5.32 Å². The minimum Gasteiger partial charge on any atom is -0.355 e. The van der Waals surface area contributed by atoms with Gasteiger partial charge in [0.1, 0.15) is 0 Å². The fraction of sp³-hybridized carbons (Fsp3) is 0.375. The van der Waals surface area contributed by atoms with E-state index in [4.69, 9.17) is 11.6 Å². The van der Waals surface area contributed by atoms with Gasteiger partial charge in [-0.3, -0.25) is 4.79 Å². The second-order valence-corrected chi connectivity index (χ2v) is 5.83. The molecule has 0 spiro atoms. The number of imidazole rings is 1. The smallest absolute Gasteiger partial charge is 0.227 e. The highest BCUT2D eigenvalue weighted by Gasteiger charge is 2.23. The van der Waals surface area contributed by atoms with Crippen LogP contribution in [0.4, 0.5) is 0 Å². The summed E-state index contributed by atoms with van der Waals surface area (Å²) < 4.78 is 0. The average molecular weight is 306 g/mol. The van der Waals surface area contributed by atoms with Crippen LogP contribution in [0.3, 0.4) is 0 Å². The Morgan fingerprint density at radius 1 is 1.33 bits per heavy atom. The zero-order valence-corrected chi connectivity index (χ0v) is 13.0. The topological polar surface area (TPSA) is 57.8 Å². The van der Waals surface area contributed by atoms with Gasteiger partial charge in [0.2, 0.25) is 5.91 Å². The Hall–Kier alpha value is -1.81. The van der Waals surface area contributed by atoms with Gasteiger partial charge in [-0.25, -0.2) is 4.98 Å². The summed E-state index contributed by atoms with van der Waals surface area (Å²) in [4.78, 5) is 19.4. The number of aromatic amines is 1. The van der Waals surface area contributed by atoms with E-state index in [0.29, 0.717) is 11.6 Å². The highest BCUT2D eigenvalue weighted by Crippen LogP contribution is 2.25. The van der Waals surface area contributed by atoms with Crippen molar-refractivity contribution in [3.63, 3.8) is 0 Å². The Labute approximate surface area is 129 Å². The molecular formula is C16H20ClN3O. The summed E-state index contributed by atoms with van der Waals surface area (Å²) in [7, 11) is 0. The third kappa shape index (κ3) is 4.33. The van der Waals surface area contributed by atoms with Crippen molar-refractivity contribution in [1.82, 2.24) is 15.3 Å². The number of rotatable bonds is 6. The van der Waals surface area contributed by atoms with Gasteiger partial charge in [-0.2, -0.15) is 0 Å². The zero-order valence-electron chi connectivity index (χ0n) is 12.3. The van der Waals surface area contributed by atoms with E-state index in [1.807, 2.05) is 38.1 Å². The van der Waals surface area contributed by atoms with Crippen LogP contribution in [-0.4, -0.2) is 22.4 Å². The first-order valence-electron chi connectivity index (χ1n) is 7.08. The first-order valence-corrected chi connectivity index (χ1v) is 7.46. The van der Waals surface area contributed by atoms with E-state index in [2.05, 4.69) is 15.3 Å². The van der Waals surface area contributed by atoms with Gasteiger partial charge >= 0.3 is 0 Å². The van der Waals surface area contributed by atoms with Crippen LogP contribution in [0.15, 0.2) is 36.8 Å². The van der Waals surface area contributed by atoms with E-state index < -0.39 is 0 Å². The van der Waals surface area contributed by atoms with Crippen molar-refractivity contribution < 1.29 is 4.79 Å². The molecule has 0 saturated carbocycles. The highest BCUT2D eigenvalue weighted by atomic mass is 35.5. The average Bonchev–Trinajstić information content (AvgIpc) is 2.94. The Morgan fingerprint density at radius 3 is 2.62 bits per heavy atom. The number of carbonyl (C=O) groups is 1. The second kappa shape index (κ2) is 7.27. The van der Waals surface area contributed by atoms with E-state index in [9.17, 15) is 4.79 Å². The van der Waals surface area contributed by atoms with Gasteiger partial charge in [0, 0.05) is 29.9 Å². The van der Waals surface area contributed by atoms with Crippen molar-refractivity contribution in [3.05, 3.63) is 53.1 Å². The van der Waals surface area contributed by atoms with Crippen molar-refractivity contribution >= 4 is 17.5 Å². The first kappa shape index (κ1) is 15.6. The standard InChI is InChI=1S/C16H20ClN3O/c1-11(2)15(12-3-5-13(17)6-4-12)16(21)19-8-7-14-9-18-10-20-14/h3-6,9-11,15H,7-8H2,1-2H3,(H,18,20)(H,19,21). The SMILES string of the molecule is CC(C)C(C(=O)NCCc1cnc[nH]1)c1ccc(Cl)cc1. The molecular weight excluding hydrogens is 286 g/mol. The van der Waals surface area contributed by atoms with Crippen LogP contribution in [0.2, 0.25) is 5.02 Å². The predicted molar refractivity (Wildman–Crippen MR) is 84.3 cm³/mol. The molecule has 2 N–H and O–H groups in total. The molecule has 0 aliphatic rings. The monoisotopic (exact) mass is 305 g/mol. The molecule has 2 aromatic rings. The van der Waals surface area contributed by atoms with Gasteiger partial charge in [-0.15, -0.1) is 0 Å². The van der Waals surface area contributed by atoms with Crippen molar-refractivity contribution in [3.8, 4) is 0 Å². The van der Waals surface area contributed by atoms with Crippen molar-refractivity contribution in [1.29, 1.82) is 0 Å². The maximum absolute atomic E-state index is 12.4. The number of carbonyl (C=O) groups excluding carboxylic acids is 1. The second-order valence-electron chi connectivity index (χ2n) is 5.39. The van der Waals surface area contributed by atoms with Crippen molar-refractivity contribution in [2.45, 2.75) is 26.2 Å². The lowest BCUT2D eigenvalue weighted by atomic mass is 9.87. The molecule has 1 aromatic carbocycles. The first-order chi connectivity index (χ1) is 10.1. The molecule has 1 aromatic heterocycles. The number of H-pyrrole nitrogens is 1. The number of benzene rings is 1. The molecule has 0 aliphatic carbocycles. The lowest BCUT2D eigenvalue weighted by Gasteiger charge is -2.20. The normalized spacial score (nSPS) is 12.4. The number of halogens is 1. The van der Waals surface area contributed by atoms with E-state index in [1.165, 1.54) is 0 Å². The summed E-state index contributed by atoms with van der Waals surface area (Å²) in [6.07, 6.45) is 4.16. The molecule has 1 unspecified atom stereocenters. The lowest BCUT2D eigenvalue weighted by molar-refractivity contribution is -0.123. The van der Waals surface area contributed by atoms with Crippen LogP contribution in [0.25, 0.3) is 0 Å². The minimum atomic E-state index is -0.163. The molecule has 112 valence electrons. The number of hydrogen-bond donors (Lipinski definition) is 2. The molecule has 5 heteroatoms. The van der Waals surface area contributed by atoms with Gasteiger partial charge in [0.25, 0.3) is 0 Å². The minimum absolute atomic E-state index is 0.0480. The van der Waals surface area contributed by atoms with Crippen molar-refractivity contribution in [2.75, 3.05) is 6.54 Å². The van der Waals surface area contributed by atoms with Crippen LogP contribution >= 0.6 is 11.6 Å². The number of aromatic nitrogens is 2. The summed E-state index contributed by atoms with van der Waals surface area (Å²) in [6.45, 7) is 4.69. The van der Waals surface area contributed by atoms with Crippen LogP contribution in [-0.2, 0) is 11.2 Å². The Kier molecular flexibility index (Phi) is 5.39. The summed E-state index contributed by atoms with van der Waals surface area (Å²) in [5.74, 6) is 0.106. The Bertz CT molecular complexity index is 564. The maximum atomic E-state index is 12.4. The number of nitrogens with one attached hydrogen (secondary N) is 2. The molecule has 21 heavy (non-hydrogen) atoms. The molecule has 0 fully saturated rings. The van der Waals surface area contributed by atoms with E-state index in [1.54, 1.807) is 12.5 Å².